The molecular weight excluding hydrogens is 356 g/mol. The summed E-state index contributed by atoms with van der Waals surface area (Å²) < 4.78 is 5.08. The second-order valence-electron chi connectivity index (χ2n) is 6.38. The number of ketones is 1. The van der Waals surface area contributed by atoms with Crippen molar-refractivity contribution in [1.29, 1.82) is 0 Å². The average molecular weight is 378 g/mol. The molecule has 3 rings (SSSR count). The van der Waals surface area contributed by atoms with E-state index in [9.17, 15) is 9.59 Å². The molecule has 0 aliphatic carbocycles. The van der Waals surface area contributed by atoms with Crippen molar-refractivity contribution in [3.8, 4) is 17.1 Å². The van der Waals surface area contributed by atoms with Crippen LogP contribution in [-0.2, 0) is 4.79 Å². The van der Waals surface area contributed by atoms with Gasteiger partial charge in [-0.05, 0) is 61.9 Å². The molecule has 0 unspecified atom stereocenters. The first-order chi connectivity index (χ1) is 13.5. The highest BCUT2D eigenvalue weighted by Gasteiger charge is 2.09. The van der Waals surface area contributed by atoms with Crippen molar-refractivity contribution >= 4 is 17.4 Å². The predicted molar refractivity (Wildman–Crippen MR) is 106 cm³/mol. The number of rotatable bonds is 8. The van der Waals surface area contributed by atoms with E-state index in [2.05, 4.69) is 20.5 Å². The quantitative estimate of drug-likeness (QED) is 0.582. The normalized spacial score (nSPS) is 10.5. The Balaban J connectivity index is 1.45. The zero-order valence-electron chi connectivity index (χ0n) is 15.9. The van der Waals surface area contributed by atoms with Gasteiger partial charge in [-0.3, -0.25) is 14.7 Å². The number of carbonyl (C=O) groups excluding carboxylic acids is 2. The molecule has 7 nitrogen and oxygen atoms in total. The molecule has 2 N–H and O–H groups in total. The van der Waals surface area contributed by atoms with Gasteiger partial charge in [-0.25, -0.2) is 4.98 Å². The number of aryl methyl sites for hydroxylation is 1. The van der Waals surface area contributed by atoms with Gasteiger partial charge >= 0.3 is 0 Å². The third-order valence-corrected chi connectivity index (χ3v) is 4.24. The summed E-state index contributed by atoms with van der Waals surface area (Å²) in [5.41, 5.74) is 2.19. The van der Waals surface area contributed by atoms with Gasteiger partial charge in [0.2, 0.25) is 5.91 Å². The number of anilines is 1. The SMILES string of the molecule is COc1ccc(C(=O)CCCC(=O)Nc2ccc(-c3n[nH]c(C)n3)cc2)cc1. The Bertz CT molecular complexity index is 947. The molecule has 0 aliphatic rings. The Hall–Kier alpha value is -3.48. The van der Waals surface area contributed by atoms with Crippen molar-refractivity contribution in [3.05, 3.63) is 59.9 Å². The molecule has 0 radical (unpaired) electrons. The van der Waals surface area contributed by atoms with Gasteiger partial charge in [0, 0.05) is 29.7 Å². The second kappa shape index (κ2) is 8.94. The Labute approximate surface area is 163 Å². The second-order valence-corrected chi connectivity index (χ2v) is 6.38. The molecule has 0 spiro atoms. The Morgan fingerprint density at radius 1 is 1.04 bits per heavy atom. The summed E-state index contributed by atoms with van der Waals surface area (Å²) in [4.78, 5) is 28.5. The number of methoxy groups -OCH3 is 1. The monoisotopic (exact) mass is 378 g/mol. The number of ether oxygens (including phenoxy) is 1. The lowest BCUT2D eigenvalue weighted by atomic mass is 10.1. The summed E-state index contributed by atoms with van der Waals surface area (Å²) in [6.07, 6.45) is 1.10. The van der Waals surface area contributed by atoms with Crippen LogP contribution in [0.2, 0.25) is 0 Å². The number of benzene rings is 2. The van der Waals surface area contributed by atoms with E-state index in [-0.39, 0.29) is 18.1 Å². The summed E-state index contributed by atoms with van der Waals surface area (Å²) in [5, 5.41) is 9.74. The summed E-state index contributed by atoms with van der Waals surface area (Å²) in [7, 11) is 1.58. The van der Waals surface area contributed by atoms with Gasteiger partial charge in [-0.2, -0.15) is 5.10 Å². The molecule has 0 saturated heterocycles. The Morgan fingerprint density at radius 3 is 2.36 bits per heavy atom. The minimum Gasteiger partial charge on any atom is -0.497 e. The van der Waals surface area contributed by atoms with E-state index in [0.717, 1.165) is 11.4 Å². The first-order valence-electron chi connectivity index (χ1n) is 9.01. The third kappa shape index (κ3) is 5.03. The lowest BCUT2D eigenvalue weighted by Crippen LogP contribution is -2.12. The van der Waals surface area contributed by atoms with Crippen LogP contribution in [0.15, 0.2) is 48.5 Å². The number of aromatic amines is 1. The third-order valence-electron chi connectivity index (χ3n) is 4.24. The highest BCUT2D eigenvalue weighted by molar-refractivity contribution is 5.97. The molecule has 144 valence electrons. The van der Waals surface area contributed by atoms with Gasteiger partial charge in [0.05, 0.1) is 7.11 Å². The van der Waals surface area contributed by atoms with Gasteiger partial charge in [0.25, 0.3) is 0 Å². The van der Waals surface area contributed by atoms with Gasteiger partial charge in [-0.1, -0.05) is 0 Å². The molecule has 3 aromatic rings. The predicted octanol–water partition coefficient (Wildman–Crippen LogP) is 3.78. The number of hydrogen-bond acceptors (Lipinski definition) is 5. The van der Waals surface area contributed by atoms with Gasteiger partial charge in [0.1, 0.15) is 11.6 Å². The maximum Gasteiger partial charge on any atom is 0.224 e. The number of amides is 1. The van der Waals surface area contributed by atoms with Crippen molar-refractivity contribution in [3.63, 3.8) is 0 Å². The van der Waals surface area contributed by atoms with Crippen LogP contribution in [0.1, 0.15) is 35.4 Å². The van der Waals surface area contributed by atoms with Gasteiger partial charge < -0.3 is 10.1 Å². The van der Waals surface area contributed by atoms with Crippen LogP contribution in [0.25, 0.3) is 11.4 Å². The zero-order valence-corrected chi connectivity index (χ0v) is 15.9. The van der Waals surface area contributed by atoms with E-state index in [1.165, 1.54) is 0 Å². The van der Waals surface area contributed by atoms with Crippen LogP contribution in [-0.4, -0.2) is 34.0 Å². The van der Waals surface area contributed by atoms with E-state index >= 15 is 0 Å². The van der Waals surface area contributed by atoms with Crippen LogP contribution in [0.4, 0.5) is 5.69 Å². The molecule has 0 aliphatic heterocycles. The minimum atomic E-state index is -0.121. The number of hydrogen-bond donors (Lipinski definition) is 2. The van der Waals surface area contributed by atoms with Crippen molar-refractivity contribution < 1.29 is 14.3 Å². The van der Waals surface area contributed by atoms with E-state index in [0.29, 0.717) is 35.7 Å². The molecule has 1 aromatic heterocycles. The average Bonchev–Trinajstić information content (AvgIpc) is 3.15. The molecule has 28 heavy (non-hydrogen) atoms. The first kappa shape index (κ1) is 19.3. The molecular formula is C21H22N4O3. The largest absolute Gasteiger partial charge is 0.497 e. The maximum absolute atomic E-state index is 12.2. The molecule has 2 aromatic carbocycles. The van der Waals surface area contributed by atoms with Crippen molar-refractivity contribution in [2.45, 2.75) is 26.2 Å². The summed E-state index contributed by atoms with van der Waals surface area (Å²) in [6.45, 7) is 1.84. The van der Waals surface area contributed by atoms with Crippen LogP contribution >= 0.6 is 0 Å². The fourth-order valence-electron chi connectivity index (χ4n) is 2.73. The van der Waals surface area contributed by atoms with Crippen LogP contribution in [0.5, 0.6) is 5.75 Å². The topological polar surface area (TPSA) is 97.0 Å². The van der Waals surface area contributed by atoms with Gasteiger partial charge in [-0.15, -0.1) is 0 Å². The lowest BCUT2D eigenvalue weighted by molar-refractivity contribution is -0.116. The molecule has 0 bridgehead atoms. The van der Waals surface area contributed by atoms with Crippen LogP contribution < -0.4 is 10.1 Å². The van der Waals surface area contributed by atoms with E-state index in [1.54, 1.807) is 43.5 Å². The molecule has 0 saturated carbocycles. The van der Waals surface area contributed by atoms with E-state index in [1.807, 2.05) is 19.1 Å². The smallest absolute Gasteiger partial charge is 0.224 e. The van der Waals surface area contributed by atoms with E-state index < -0.39 is 0 Å². The molecule has 0 atom stereocenters. The molecule has 0 fully saturated rings. The fourth-order valence-corrected chi connectivity index (χ4v) is 2.73. The van der Waals surface area contributed by atoms with E-state index in [4.69, 9.17) is 4.74 Å². The lowest BCUT2D eigenvalue weighted by Gasteiger charge is -2.06. The number of aromatic nitrogens is 3. The molecule has 7 heteroatoms. The van der Waals surface area contributed by atoms with Crippen LogP contribution in [0, 0.1) is 6.92 Å². The Kier molecular flexibility index (Phi) is 6.16. The summed E-state index contributed by atoms with van der Waals surface area (Å²) >= 11 is 0. The van der Waals surface area contributed by atoms with Crippen LogP contribution in [0.3, 0.4) is 0 Å². The zero-order chi connectivity index (χ0) is 19.9. The summed E-state index contributed by atoms with van der Waals surface area (Å²) in [5.74, 6) is 1.97. The standard InChI is InChI=1S/C21H22N4O3/c1-14-22-21(25-24-14)16-6-10-17(11-7-16)23-20(27)5-3-4-19(26)15-8-12-18(28-2)13-9-15/h6-13H,3-5H2,1-2H3,(H,23,27)(H,22,24,25). The number of carbonyl (C=O) groups is 2. The van der Waals surface area contributed by atoms with Crippen molar-refractivity contribution in [1.82, 2.24) is 15.2 Å². The summed E-state index contributed by atoms with van der Waals surface area (Å²) in [6, 6.07) is 14.3. The van der Waals surface area contributed by atoms with Crippen molar-refractivity contribution in [2.24, 2.45) is 0 Å². The number of nitrogens with one attached hydrogen (secondary N) is 2. The highest BCUT2D eigenvalue weighted by atomic mass is 16.5. The first-order valence-corrected chi connectivity index (χ1v) is 9.01. The van der Waals surface area contributed by atoms with Crippen molar-refractivity contribution in [2.75, 3.05) is 12.4 Å². The molecule has 1 heterocycles. The highest BCUT2D eigenvalue weighted by Crippen LogP contribution is 2.18. The minimum absolute atomic E-state index is 0.0154. The number of nitrogens with zero attached hydrogens (tertiary/aromatic N) is 2. The fraction of sp³-hybridized carbons (Fsp3) is 0.238. The van der Waals surface area contributed by atoms with Gasteiger partial charge in [0.15, 0.2) is 11.6 Å². The Morgan fingerprint density at radius 2 is 1.75 bits per heavy atom. The molecule has 1 amide bonds. The number of Topliss-reactive ketones (excluding diaryl/α,β-unsaturated/α-hetero) is 1. The maximum atomic E-state index is 12.2. The number of H-pyrrole nitrogens is 1.